The predicted molar refractivity (Wildman–Crippen MR) is 93.7 cm³/mol. The lowest BCUT2D eigenvalue weighted by Crippen LogP contribution is -2.41. The van der Waals surface area contributed by atoms with Gasteiger partial charge in [-0.3, -0.25) is 14.5 Å². The summed E-state index contributed by atoms with van der Waals surface area (Å²) in [5.41, 5.74) is 0.820. The normalized spacial score (nSPS) is 13.8. The number of nitrogens with zero attached hydrogens (tertiary/aromatic N) is 3. The minimum Gasteiger partial charge on any atom is -0.493 e. The molecule has 1 aliphatic rings. The molecule has 0 spiro atoms. The molecule has 2 N–H and O–H groups in total. The fourth-order valence-corrected chi connectivity index (χ4v) is 2.84. The number of aromatic hydroxyl groups is 1. The molecule has 0 bridgehead atoms. The van der Waals surface area contributed by atoms with Crippen molar-refractivity contribution in [1.29, 1.82) is 0 Å². The molecule has 0 saturated carbocycles. The molecule has 0 saturated heterocycles. The Morgan fingerprint density at radius 2 is 2.11 bits per heavy atom. The summed E-state index contributed by atoms with van der Waals surface area (Å²) in [7, 11) is 0. The Kier molecular flexibility index (Phi) is 4.03. The van der Waals surface area contributed by atoms with Crippen LogP contribution in [0.25, 0.3) is 10.9 Å². The van der Waals surface area contributed by atoms with Crippen molar-refractivity contribution in [3.8, 4) is 11.6 Å². The van der Waals surface area contributed by atoms with Crippen LogP contribution in [0.4, 0.5) is 15.8 Å². The number of aromatic amines is 1. The molecule has 3 aromatic rings. The van der Waals surface area contributed by atoms with E-state index in [2.05, 4.69) is 15.2 Å². The third-order valence-electron chi connectivity index (χ3n) is 4.08. The highest BCUT2D eigenvalue weighted by Gasteiger charge is 2.27. The molecule has 0 atom stereocenters. The van der Waals surface area contributed by atoms with Crippen molar-refractivity contribution in [2.45, 2.75) is 0 Å². The lowest BCUT2D eigenvalue weighted by Gasteiger charge is -2.27. The number of amides is 2. The van der Waals surface area contributed by atoms with Crippen LogP contribution in [0.15, 0.2) is 52.7 Å². The second-order valence-corrected chi connectivity index (χ2v) is 5.84. The van der Waals surface area contributed by atoms with Crippen LogP contribution in [-0.4, -0.2) is 35.1 Å². The number of para-hydroxylation sites is 2. The number of H-pyrrole nitrogens is 1. The molecule has 4 rings (SSSR count). The van der Waals surface area contributed by atoms with E-state index < -0.39 is 11.7 Å². The van der Waals surface area contributed by atoms with Gasteiger partial charge in [-0.25, -0.2) is 4.39 Å². The van der Waals surface area contributed by atoms with Crippen molar-refractivity contribution in [2.24, 2.45) is 10.2 Å². The second kappa shape index (κ2) is 6.52. The number of hydrogen-bond donors (Lipinski definition) is 2. The van der Waals surface area contributed by atoms with Crippen LogP contribution in [0.5, 0.6) is 11.6 Å². The van der Waals surface area contributed by atoms with Gasteiger partial charge in [0, 0.05) is 5.39 Å². The highest BCUT2D eigenvalue weighted by molar-refractivity contribution is 6.02. The van der Waals surface area contributed by atoms with Gasteiger partial charge in [-0.2, -0.15) is 0 Å². The number of azo groups is 1. The van der Waals surface area contributed by atoms with E-state index in [-0.39, 0.29) is 30.6 Å². The van der Waals surface area contributed by atoms with E-state index in [1.165, 1.54) is 23.1 Å². The van der Waals surface area contributed by atoms with Gasteiger partial charge < -0.3 is 14.8 Å². The summed E-state index contributed by atoms with van der Waals surface area (Å²) >= 11 is 0. The summed E-state index contributed by atoms with van der Waals surface area (Å²) in [6.07, 6.45) is 0. The van der Waals surface area contributed by atoms with Gasteiger partial charge >= 0.3 is 0 Å². The number of nitrogens with one attached hydrogen (secondary N) is 1. The zero-order chi connectivity index (χ0) is 19.0. The Morgan fingerprint density at radius 1 is 1.30 bits per heavy atom. The summed E-state index contributed by atoms with van der Waals surface area (Å²) in [5, 5.41) is 17.7. The molecule has 9 heteroatoms. The Morgan fingerprint density at radius 3 is 2.96 bits per heavy atom. The number of anilines is 1. The van der Waals surface area contributed by atoms with Crippen LogP contribution < -0.4 is 9.64 Å². The molecular formula is C18H13FN4O4. The highest BCUT2D eigenvalue weighted by Crippen LogP contribution is 2.36. The van der Waals surface area contributed by atoms with Crippen molar-refractivity contribution < 1.29 is 23.8 Å². The average Bonchev–Trinajstić information content (AvgIpc) is 2.96. The number of carbonyl (C=O) groups is 2. The highest BCUT2D eigenvalue weighted by atomic mass is 19.1. The largest absolute Gasteiger partial charge is 0.493 e. The first kappa shape index (κ1) is 16.7. The fourth-order valence-electron chi connectivity index (χ4n) is 2.84. The maximum Gasteiger partial charge on any atom is 0.284 e. The summed E-state index contributed by atoms with van der Waals surface area (Å²) in [5.74, 6) is -1.37. The monoisotopic (exact) mass is 368 g/mol. The quantitative estimate of drug-likeness (QED) is 0.693. The van der Waals surface area contributed by atoms with Crippen LogP contribution in [-0.2, 0) is 9.59 Å². The predicted octanol–water partition coefficient (Wildman–Crippen LogP) is 3.05. The van der Waals surface area contributed by atoms with Crippen LogP contribution in [0.1, 0.15) is 0 Å². The molecule has 2 heterocycles. The minimum atomic E-state index is -0.684. The number of carbonyl (C=O) groups excluding carboxylic acids is 2. The number of aromatic nitrogens is 1. The summed E-state index contributed by atoms with van der Waals surface area (Å²) in [6.45, 7) is -0.489. The van der Waals surface area contributed by atoms with Crippen LogP contribution in [0, 0.1) is 5.82 Å². The summed E-state index contributed by atoms with van der Waals surface area (Å²) < 4.78 is 18.6. The van der Waals surface area contributed by atoms with Crippen molar-refractivity contribution in [1.82, 2.24) is 4.98 Å². The minimum absolute atomic E-state index is 0.0204. The third kappa shape index (κ3) is 3.10. The molecule has 1 aliphatic heterocycles. The van der Waals surface area contributed by atoms with E-state index in [9.17, 15) is 19.1 Å². The SMILES string of the molecule is O=C(CN1C(=O)COc2ccccc21)N=Nc1c(O)[nH]c2cc(F)ccc12. The first-order valence-electron chi connectivity index (χ1n) is 8.00. The summed E-state index contributed by atoms with van der Waals surface area (Å²) in [4.78, 5) is 28.1. The first-order chi connectivity index (χ1) is 13.0. The maximum absolute atomic E-state index is 13.3. The Bertz CT molecular complexity index is 1090. The molecule has 27 heavy (non-hydrogen) atoms. The Balaban J connectivity index is 1.57. The van der Waals surface area contributed by atoms with Gasteiger partial charge in [0.1, 0.15) is 18.1 Å². The van der Waals surface area contributed by atoms with Gasteiger partial charge in [-0.15, -0.1) is 10.2 Å². The van der Waals surface area contributed by atoms with Crippen LogP contribution >= 0.6 is 0 Å². The molecule has 0 fully saturated rings. The molecule has 2 aromatic carbocycles. The topological polar surface area (TPSA) is 107 Å². The lowest BCUT2D eigenvalue weighted by atomic mass is 10.2. The Labute approximate surface area is 151 Å². The molecular weight excluding hydrogens is 355 g/mol. The Hall–Kier alpha value is -3.75. The van der Waals surface area contributed by atoms with Gasteiger partial charge in [-0.05, 0) is 30.3 Å². The standard InChI is InChI=1S/C18H13FN4O4/c19-10-5-6-11-12(7-10)20-18(26)17(11)22-21-15(24)8-23-13-3-1-2-4-14(13)27-9-16(23)25/h1-7,20,26H,8-9H2. The first-order valence-corrected chi connectivity index (χ1v) is 8.00. The van der Waals surface area contributed by atoms with Crippen molar-refractivity contribution in [3.63, 3.8) is 0 Å². The number of halogens is 1. The van der Waals surface area contributed by atoms with Gasteiger partial charge in [-0.1, -0.05) is 12.1 Å². The molecule has 0 aliphatic carbocycles. The third-order valence-corrected chi connectivity index (χ3v) is 4.08. The number of ether oxygens (including phenoxy) is 1. The zero-order valence-electron chi connectivity index (χ0n) is 13.8. The van der Waals surface area contributed by atoms with Gasteiger partial charge in [0.05, 0.1) is 11.2 Å². The van der Waals surface area contributed by atoms with Crippen LogP contribution in [0.2, 0.25) is 0 Å². The van der Waals surface area contributed by atoms with E-state index in [1.807, 2.05) is 0 Å². The van der Waals surface area contributed by atoms with E-state index in [1.54, 1.807) is 24.3 Å². The van der Waals surface area contributed by atoms with Crippen molar-refractivity contribution in [3.05, 3.63) is 48.3 Å². The summed E-state index contributed by atoms with van der Waals surface area (Å²) in [6, 6.07) is 10.7. The van der Waals surface area contributed by atoms with Gasteiger partial charge in [0.2, 0.25) is 5.88 Å². The number of rotatable bonds is 3. The fraction of sp³-hybridized carbons (Fsp3) is 0.111. The molecule has 1 aromatic heterocycles. The average molecular weight is 368 g/mol. The molecule has 2 amide bonds. The number of benzene rings is 2. The lowest BCUT2D eigenvalue weighted by molar-refractivity contribution is -0.124. The molecule has 0 radical (unpaired) electrons. The van der Waals surface area contributed by atoms with Crippen molar-refractivity contribution in [2.75, 3.05) is 18.1 Å². The van der Waals surface area contributed by atoms with E-state index >= 15 is 0 Å². The molecule has 8 nitrogen and oxygen atoms in total. The smallest absolute Gasteiger partial charge is 0.284 e. The van der Waals surface area contributed by atoms with Gasteiger partial charge in [0.25, 0.3) is 11.8 Å². The van der Waals surface area contributed by atoms with E-state index in [0.29, 0.717) is 22.3 Å². The molecule has 0 unspecified atom stereocenters. The number of hydrogen-bond acceptors (Lipinski definition) is 5. The second-order valence-electron chi connectivity index (χ2n) is 5.84. The van der Waals surface area contributed by atoms with E-state index in [4.69, 9.17) is 4.74 Å². The molecule has 136 valence electrons. The van der Waals surface area contributed by atoms with Gasteiger partial charge in [0.15, 0.2) is 12.3 Å². The number of fused-ring (bicyclic) bond motifs is 2. The maximum atomic E-state index is 13.3. The van der Waals surface area contributed by atoms with E-state index in [0.717, 1.165) is 0 Å². The van der Waals surface area contributed by atoms with Crippen molar-refractivity contribution >= 4 is 34.1 Å². The van der Waals surface area contributed by atoms with Crippen LogP contribution in [0.3, 0.4) is 0 Å². The zero-order valence-corrected chi connectivity index (χ0v) is 13.8.